The van der Waals surface area contributed by atoms with E-state index in [4.69, 9.17) is 0 Å². The van der Waals surface area contributed by atoms with Gasteiger partial charge in [0.05, 0.1) is 16.2 Å². The number of rotatable bonds is 8. The Morgan fingerprint density at radius 3 is 2.46 bits per heavy atom. The number of nitro groups is 1. The number of nitrogens with one attached hydrogen (secondary N) is 2. The van der Waals surface area contributed by atoms with E-state index in [9.17, 15) is 14.9 Å². The van der Waals surface area contributed by atoms with Crippen molar-refractivity contribution in [2.45, 2.75) is 25.7 Å². The second-order valence-electron chi connectivity index (χ2n) is 9.03. The number of anilines is 2. The first kappa shape index (κ1) is 22.8. The summed E-state index contributed by atoms with van der Waals surface area (Å²) in [5, 5.41) is 17.6. The van der Waals surface area contributed by atoms with Crippen molar-refractivity contribution in [2.75, 3.05) is 30.3 Å². The molecule has 2 aliphatic heterocycles. The number of aryl methyl sites for hydroxylation is 1. The molecule has 1 amide bonds. The Balaban J connectivity index is 1.42. The lowest BCUT2D eigenvalue weighted by Crippen LogP contribution is -2.20. The average molecular weight is 469 g/mol. The third kappa shape index (κ3) is 5.10. The van der Waals surface area contributed by atoms with Gasteiger partial charge in [-0.05, 0) is 74.6 Å². The molecule has 5 rings (SSSR count). The van der Waals surface area contributed by atoms with E-state index in [2.05, 4.69) is 27.7 Å². The molecule has 0 radical (unpaired) electrons. The molecule has 7 nitrogen and oxygen atoms in total. The second-order valence-corrected chi connectivity index (χ2v) is 9.03. The van der Waals surface area contributed by atoms with Gasteiger partial charge in [-0.1, -0.05) is 42.5 Å². The highest BCUT2D eigenvalue weighted by Gasteiger charge is 2.30. The number of non-ortho nitro benzene ring substituents is 1. The van der Waals surface area contributed by atoms with Crippen molar-refractivity contribution in [2.24, 2.45) is 0 Å². The van der Waals surface area contributed by atoms with Crippen LogP contribution in [0.3, 0.4) is 0 Å². The van der Waals surface area contributed by atoms with Crippen molar-refractivity contribution in [1.82, 2.24) is 4.90 Å². The molecule has 0 unspecified atom stereocenters. The molecule has 0 bridgehead atoms. The SMILES string of the molecule is O=C1Nc2ccc([N+](=O)[O-])cc2C1=C(Nc1ccc(CCCN2CCCC2)cc1)c1ccccc1. The number of carbonyl (C=O) groups excluding carboxylic acids is 1. The summed E-state index contributed by atoms with van der Waals surface area (Å²) in [6.45, 7) is 3.59. The first-order chi connectivity index (χ1) is 17.1. The summed E-state index contributed by atoms with van der Waals surface area (Å²) in [5.74, 6) is -0.287. The summed E-state index contributed by atoms with van der Waals surface area (Å²) >= 11 is 0. The largest absolute Gasteiger partial charge is 0.354 e. The normalized spacial score (nSPS) is 16.6. The van der Waals surface area contributed by atoms with E-state index in [0.29, 0.717) is 22.5 Å². The Bertz CT molecular complexity index is 1260. The minimum atomic E-state index is -0.446. The number of nitro benzene ring substituents is 1. The van der Waals surface area contributed by atoms with Crippen molar-refractivity contribution in [3.05, 3.63) is 99.6 Å². The van der Waals surface area contributed by atoms with E-state index in [-0.39, 0.29) is 11.6 Å². The van der Waals surface area contributed by atoms with Crippen LogP contribution >= 0.6 is 0 Å². The maximum absolute atomic E-state index is 13.0. The summed E-state index contributed by atoms with van der Waals surface area (Å²) in [5.41, 5.74) is 5.01. The highest BCUT2D eigenvalue weighted by Crippen LogP contribution is 2.39. The minimum Gasteiger partial charge on any atom is -0.354 e. The van der Waals surface area contributed by atoms with Crippen LogP contribution in [0.15, 0.2) is 72.8 Å². The maximum atomic E-state index is 13.0. The molecular formula is C28H28N4O3. The summed E-state index contributed by atoms with van der Waals surface area (Å²) in [4.78, 5) is 26.5. The zero-order valence-electron chi connectivity index (χ0n) is 19.5. The first-order valence-electron chi connectivity index (χ1n) is 12.1. The molecule has 0 atom stereocenters. The molecule has 0 aliphatic carbocycles. The van der Waals surface area contributed by atoms with Crippen LogP contribution in [0.1, 0.15) is 36.0 Å². The third-order valence-corrected chi connectivity index (χ3v) is 6.63. The molecule has 1 fully saturated rings. The van der Waals surface area contributed by atoms with Crippen molar-refractivity contribution >= 4 is 34.2 Å². The smallest absolute Gasteiger partial charge is 0.270 e. The van der Waals surface area contributed by atoms with Gasteiger partial charge in [-0.2, -0.15) is 0 Å². The molecule has 7 heteroatoms. The van der Waals surface area contributed by atoms with Crippen LogP contribution in [0.4, 0.5) is 17.1 Å². The first-order valence-corrected chi connectivity index (χ1v) is 12.1. The van der Waals surface area contributed by atoms with Gasteiger partial charge in [0.2, 0.25) is 0 Å². The van der Waals surface area contributed by atoms with Crippen LogP contribution in [0, 0.1) is 10.1 Å². The van der Waals surface area contributed by atoms with E-state index in [1.807, 2.05) is 42.5 Å². The van der Waals surface area contributed by atoms with Crippen LogP contribution in [0.2, 0.25) is 0 Å². The van der Waals surface area contributed by atoms with E-state index >= 15 is 0 Å². The molecule has 178 valence electrons. The summed E-state index contributed by atoms with van der Waals surface area (Å²) < 4.78 is 0. The lowest BCUT2D eigenvalue weighted by molar-refractivity contribution is -0.384. The number of hydrogen-bond acceptors (Lipinski definition) is 5. The second kappa shape index (κ2) is 10.1. The number of amides is 1. The fourth-order valence-corrected chi connectivity index (χ4v) is 4.81. The van der Waals surface area contributed by atoms with Gasteiger partial charge >= 0.3 is 0 Å². The molecule has 0 saturated carbocycles. The number of benzene rings is 3. The highest BCUT2D eigenvalue weighted by atomic mass is 16.6. The molecule has 2 N–H and O–H groups in total. The van der Waals surface area contributed by atoms with Crippen LogP contribution in [0.25, 0.3) is 11.3 Å². The Morgan fingerprint density at radius 2 is 1.74 bits per heavy atom. The Kier molecular flexibility index (Phi) is 6.59. The topological polar surface area (TPSA) is 87.5 Å². The van der Waals surface area contributed by atoms with Gasteiger partial charge in [-0.3, -0.25) is 14.9 Å². The predicted molar refractivity (Wildman–Crippen MR) is 139 cm³/mol. The molecule has 2 heterocycles. The quantitative estimate of drug-likeness (QED) is 0.257. The number of carbonyl (C=O) groups is 1. The van der Waals surface area contributed by atoms with Crippen molar-refractivity contribution in [3.63, 3.8) is 0 Å². The van der Waals surface area contributed by atoms with Gasteiger partial charge in [0.25, 0.3) is 11.6 Å². The van der Waals surface area contributed by atoms with Gasteiger partial charge in [-0.15, -0.1) is 0 Å². The zero-order chi connectivity index (χ0) is 24.2. The molecule has 3 aromatic rings. The van der Waals surface area contributed by atoms with E-state index in [0.717, 1.165) is 30.6 Å². The Morgan fingerprint density at radius 1 is 1.00 bits per heavy atom. The lowest BCUT2D eigenvalue weighted by Gasteiger charge is -2.16. The fourth-order valence-electron chi connectivity index (χ4n) is 4.81. The van der Waals surface area contributed by atoms with Gasteiger partial charge < -0.3 is 15.5 Å². The van der Waals surface area contributed by atoms with E-state index in [1.165, 1.54) is 43.6 Å². The number of fused-ring (bicyclic) bond motifs is 1. The monoisotopic (exact) mass is 468 g/mol. The number of likely N-dealkylation sites (tertiary alicyclic amines) is 1. The number of nitrogens with zero attached hydrogens (tertiary/aromatic N) is 2. The molecule has 0 spiro atoms. The standard InChI is InChI=1S/C28H28N4O3/c33-28-26(24-19-23(32(34)35)14-15-25(24)30-28)27(21-8-2-1-3-9-21)29-22-12-10-20(11-13-22)7-6-18-31-16-4-5-17-31/h1-3,8-15,19,29H,4-7,16-18H2,(H,30,33). The Hall–Kier alpha value is -3.97. The van der Waals surface area contributed by atoms with Crippen molar-refractivity contribution in [1.29, 1.82) is 0 Å². The highest BCUT2D eigenvalue weighted by molar-refractivity contribution is 6.37. The summed E-state index contributed by atoms with van der Waals surface area (Å²) in [6.07, 6.45) is 4.80. The molecule has 1 saturated heterocycles. The molecule has 2 aliphatic rings. The molecule has 0 aromatic heterocycles. The van der Waals surface area contributed by atoms with Crippen molar-refractivity contribution in [3.8, 4) is 0 Å². The summed E-state index contributed by atoms with van der Waals surface area (Å²) in [7, 11) is 0. The maximum Gasteiger partial charge on any atom is 0.270 e. The summed E-state index contributed by atoms with van der Waals surface area (Å²) in [6, 6.07) is 22.3. The van der Waals surface area contributed by atoms with E-state index < -0.39 is 4.92 Å². The fraction of sp³-hybridized carbons (Fsp3) is 0.250. The predicted octanol–water partition coefficient (Wildman–Crippen LogP) is 5.56. The van der Waals surface area contributed by atoms with Crippen LogP contribution < -0.4 is 10.6 Å². The third-order valence-electron chi connectivity index (χ3n) is 6.63. The average Bonchev–Trinajstić information content (AvgIpc) is 3.50. The molecular weight excluding hydrogens is 440 g/mol. The minimum absolute atomic E-state index is 0.0524. The van der Waals surface area contributed by atoms with Crippen LogP contribution in [0.5, 0.6) is 0 Å². The molecule has 3 aromatic carbocycles. The van der Waals surface area contributed by atoms with Crippen molar-refractivity contribution < 1.29 is 9.72 Å². The van der Waals surface area contributed by atoms with Gasteiger partial charge in [-0.25, -0.2) is 0 Å². The van der Waals surface area contributed by atoms with E-state index in [1.54, 1.807) is 6.07 Å². The lowest BCUT2D eigenvalue weighted by atomic mass is 9.99. The van der Waals surface area contributed by atoms with Crippen LogP contribution in [-0.4, -0.2) is 35.4 Å². The van der Waals surface area contributed by atoms with Gasteiger partial charge in [0, 0.05) is 29.1 Å². The molecule has 35 heavy (non-hydrogen) atoms. The van der Waals surface area contributed by atoms with Crippen LogP contribution in [-0.2, 0) is 11.2 Å². The van der Waals surface area contributed by atoms with Gasteiger partial charge in [0.15, 0.2) is 0 Å². The van der Waals surface area contributed by atoms with Gasteiger partial charge in [0.1, 0.15) is 0 Å². The Labute approximate surface area is 204 Å². The number of hydrogen-bond donors (Lipinski definition) is 2. The zero-order valence-corrected chi connectivity index (χ0v) is 19.5.